The third-order valence-electron chi connectivity index (χ3n) is 9.36. The molecule has 1 N–H and O–H groups in total. The molecule has 0 radical (unpaired) electrons. The highest BCUT2D eigenvalue weighted by atomic mass is 16.5. The van der Waals surface area contributed by atoms with E-state index >= 15 is 0 Å². The third kappa shape index (κ3) is 5.92. The van der Waals surface area contributed by atoms with Crippen molar-refractivity contribution in [2.45, 2.75) is 0 Å². The Balaban J connectivity index is 1.25. The number of hydrogen-bond acceptors (Lipinski definition) is 3. The standard InChI is InChI=1S/C48H33NO2/c1-4-15-33(16-5-1)38-23-14-24-41-43-32-36(35-27-29-44(49-37-19-8-3-9-20-37)42(31-35)34-17-6-2-7-18-34)28-30-47(43)50-45-25-12-10-21-39(45)40-22-11-13-26-46(40)51-48(38)41/h1-32,49H. The fourth-order valence-electron chi connectivity index (χ4n) is 6.86. The summed E-state index contributed by atoms with van der Waals surface area (Å²) in [5.74, 6) is 3.08. The van der Waals surface area contributed by atoms with E-state index in [4.69, 9.17) is 9.47 Å². The normalized spacial score (nSPS) is 11.5. The first kappa shape index (κ1) is 30.2. The van der Waals surface area contributed by atoms with Gasteiger partial charge < -0.3 is 14.8 Å². The number of anilines is 2. The maximum Gasteiger partial charge on any atom is 0.143 e. The molecule has 0 fully saturated rings. The van der Waals surface area contributed by atoms with Crippen molar-refractivity contribution in [3.63, 3.8) is 0 Å². The topological polar surface area (TPSA) is 30.5 Å². The highest BCUT2D eigenvalue weighted by molar-refractivity contribution is 5.91. The number of ether oxygens (including phenoxy) is 2. The van der Waals surface area contributed by atoms with Crippen LogP contribution >= 0.6 is 0 Å². The van der Waals surface area contributed by atoms with Gasteiger partial charge in [-0.15, -0.1) is 0 Å². The van der Waals surface area contributed by atoms with Gasteiger partial charge in [0.1, 0.15) is 23.0 Å². The summed E-state index contributed by atoms with van der Waals surface area (Å²) in [4.78, 5) is 0. The number of benzene rings is 8. The summed E-state index contributed by atoms with van der Waals surface area (Å²) in [7, 11) is 0. The van der Waals surface area contributed by atoms with Crippen LogP contribution in [0.1, 0.15) is 0 Å². The van der Waals surface area contributed by atoms with Gasteiger partial charge in [-0.05, 0) is 70.8 Å². The maximum atomic E-state index is 7.05. The predicted octanol–water partition coefficient (Wildman–Crippen LogP) is 13.7. The molecule has 8 aromatic carbocycles. The van der Waals surface area contributed by atoms with Gasteiger partial charge in [-0.25, -0.2) is 0 Å². The maximum absolute atomic E-state index is 7.05. The number of hydrogen-bond donors (Lipinski definition) is 1. The van der Waals surface area contributed by atoms with E-state index in [2.05, 4.69) is 139 Å². The molecule has 1 aliphatic rings. The van der Waals surface area contributed by atoms with Crippen molar-refractivity contribution in [1.29, 1.82) is 0 Å². The second-order valence-electron chi connectivity index (χ2n) is 12.6. The van der Waals surface area contributed by atoms with Gasteiger partial charge in [0.15, 0.2) is 0 Å². The Bertz CT molecular complexity index is 2490. The average molecular weight is 656 g/mol. The van der Waals surface area contributed by atoms with E-state index in [9.17, 15) is 0 Å². The summed E-state index contributed by atoms with van der Waals surface area (Å²) >= 11 is 0. The van der Waals surface area contributed by atoms with Gasteiger partial charge >= 0.3 is 0 Å². The van der Waals surface area contributed by atoms with Gasteiger partial charge in [0.2, 0.25) is 0 Å². The van der Waals surface area contributed by atoms with Gasteiger partial charge in [0.25, 0.3) is 0 Å². The van der Waals surface area contributed by atoms with Gasteiger partial charge in [0.05, 0.1) is 0 Å². The number of fused-ring (bicyclic) bond motifs is 6. The molecule has 3 heteroatoms. The summed E-state index contributed by atoms with van der Waals surface area (Å²) in [6.07, 6.45) is 0. The molecule has 0 saturated carbocycles. The lowest BCUT2D eigenvalue weighted by Gasteiger charge is -2.23. The van der Waals surface area contributed by atoms with Crippen LogP contribution in [0.25, 0.3) is 55.6 Å². The van der Waals surface area contributed by atoms with Crippen molar-refractivity contribution in [3.05, 3.63) is 194 Å². The van der Waals surface area contributed by atoms with E-state index in [1.165, 1.54) is 0 Å². The van der Waals surface area contributed by atoms with Gasteiger partial charge in [-0.2, -0.15) is 0 Å². The van der Waals surface area contributed by atoms with E-state index in [-0.39, 0.29) is 0 Å². The average Bonchev–Trinajstić information content (AvgIpc) is 3.20. The second-order valence-corrected chi connectivity index (χ2v) is 12.6. The molecule has 242 valence electrons. The van der Waals surface area contributed by atoms with Crippen LogP contribution < -0.4 is 14.8 Å². The SMILES string of the molecule is c1ccc(Nc2ccc(-c3ccc4c(c3)-c3cccc(-c5ccccc5)c3Oc3ccccc3-c3ccccc3O4)cc2-c2ccccc2)cc1. The van der Waals surface area contributed by atoms with Crippen LogP contribution in [0.4, 0.5) is 11.4 Å². The van der Waals surface area contributed by atoms with Crippen LogP contribution in [-0.2, 0) is 0 Å². The lowest BCUT2D eigenvalue weighted by atomic mass is 9.92. The zero-order chi connectivity index (χ0) is 34.0. The summed E-state index contributed by atoms with van der Waals surface area (Å²) in [6, 6.07) is 67.1. The van der Waals surface area contributed by atoms with Gasteiger partial charge in [-0.1, -0.05) is 146 Å². The minimum absolute atomic E-state index is 0.756. The third-order valence-corrected chi connectivity index (χ3v) is 9.36. The van der Waals surface area contributed by atoms with Crippen LogP contribution in [0.2, 0.25) is 0 Å². The fraction of sp³-hybridized carbons (Fsp3) is 0. The van der Waals surface area contributed by atoms with E-state index in [1.807, 2.05) is 60.7 Å². The van der Waals surface area contributed by atoms with E-state index in [0.29, 0.717) is 0 Å². The molecule has 0 spiro atoms. The zero-order valence-corrected chi connectivity index (χ0v) is 27.8. The Morgan fingerprint density at radius 1 is 0.294 bits per heavy atom. The molecule has 0 aliphatic carbocycles. The lowest BCUT2D eigenvalue weighted by Crippen LogP contribution is -1.99. The summed E-state index contributed by atoms with van der Waals surface area (Å²) in [5.41, 5.74) is 12.4. The minimum Gasteiger partial charge on any atom is -0.456 e. The van der Waals surface area contributed by atoms with Crippen LogP contribution in [-0.4, -0.2) is 0 Å². The zero-order valence-electron chi connectivity index (χ0n) is 27.8. The van der Waals surface area contributed by atoms with Crippen molar-refractivity contribution < 1.29 is 9.47 Å². The second kappa shape index (κ2) is 13.2. The molecule has 0 unspecified atom stereocenters. The minimum atomic E-state index is 0.756. The quantitative estimate of drug-likeness (QED) is 0.200. The van der Waals surface area contributed by atoms with Gasteiger partial charge in [-0.3, -0.25) is 0 Å². The largest absolute Gasteiger partial charge is 0.456 e. The Morgan fingerprint density at radius 2 is 0.784 bits per heavy atom. The highest BCUT2D eigenvalue weighted by Gasteiger charge is 2.23. The van der Waals surface area contributed by atoms with Crippen molar-refractivity contribution in [1.82, 2.24) is 0 Å². The molecule has 0 aromatic heterocycles. The van der Waals surface area contributed by atoms with Gasteiger partial charge in [0, 0.05) is 44.8 Å². The molecule has 0 saturated heterocycles. The van der Waals surface area contributed by atoms with Crippen LogP contribution in [0.5, 0.6) is 23.0 Å². The van der Waals surface area contributed by atoms with E-state index < -0.39 is 0 Å². The monoisotopic (exact) mass is 655 g/mol. The summed E-state index contributed by atoms with van der Waals surface area (Å²) in [6.45, 7) is 0. The Hall–Kier alpha value is -6.84. The first-order chi connectivity index (χ1) is 25.3. The molecular weight excluding hydrogens is 623 g/mol. The first-order valence-electron chi connectivity index (χ1n) is 17.2. The summed E-state index contributed by atoms with van der Waals surface area (Å²) < 4.78 is 13.9. The molecule has 0 amide bonds. The number of rotatable bonds is 5. The smallest absolute Gasteiger partial charge is 0.143 e. The molecule has 9 rings (SSSR count). The van der Waals surface area contributed by atoms with Crippen LogP contribution in [0.3, 0.4) is 0 Å². The molecule has 8 aromatic rings. The van der Waals surface area contributed by atoms with E-state index in [1.54, 1.807) is 0 Å². The lowest BCUT2D eigenvalue weighted by molar-refractivity contribution is 0.473. The highest BCUT2D eigenvalue weighted by Crippen LogP contribution is 2.50. The number of para-hydroxylation sites is 4. The van der Waals surface area contributed by atoms with Crippen molar-refractivity contribution in [2.24, 2.45) is 0 Å². The Labute approximate surface area is 298 Å². The predicted molar refractivity (Wildman–Crippen MR) is 210 cm³/mol. The summed E-state index contributed by atoms with van der Waals surface area (Å²) in [5, 5.41) is 3.64. The molecule has 1 aliphatic heterocycles. The van der Waals surface area contributed by atoms with Crippen LogP contribution in [0.15, 0.2) is 194 Å². The van der Waals surface area contributed by atoms with Crippen molar-refractivity contribution in [2.75, 3.05) is 5.32 Å². The molecular formula is C48H33NO2. The molecule has 0 atom stereocenters. The van der Waals surface area contributed by atoms with Crippen molar-refractivity contribution >= 4 is 11.4 Å². The molecule has 3 nitrogen and oxygen atoms in total. The molecule has 51 heavy (non-hydrogen) atoms. The van der Waals surface area contributed by atoms with E-state index in [0.717, 1.165) is 90.0 Å². The first-order valence-corrected chi connectivity index (χ1v) is 17.2. The fourth-order valence-corrected chi connectivity index (χ4v) is 6.86. The van der Waals surface area contributed by atoms with Crippen LogP contribution in [0, 0.1) is 0 Å². The van der Waals surface area contributed by atoms with Crippen molar-refractivity contribution in [3.8, 4) is 78.6 Å². The number of nitrogens with one attached hydrogen (secondary N) is 1. The Morgan fingerprint density at radius 3 is 1.47 bits per heavy atom. The Kier molecular flexibility index (Phi) is 7.84. The molecule has 0 bridgehead atoms. The molecule has 1 heterocycles.